The molecule has 1 saturated heterocycles. The minimum Gasteiger partial charge on any atom is -0.341 e. The molecule has 0 aromatic rings. The monoisotopic (exact) mass is 317 g/mol. The fourth-order valence-corrected chi connectivity index (χ4v) is 3.30. The number of amides is 2. The molecule has 21 heavy (non-hydrogen) atoms. The van der Waals surface area contributed by atoms with Crippen molar-refractivity contribution in [3.05, 3.63) is 0 Å². The molecular weight excluding hydrogens is 290 g/mol. The van der Waals surface area contributed by atoms with Crippen molar-refractivity contribution in [2.45, 2.75) is 57.4 Å². The van der Waals surface area contributed by atoms with Gasteiger partial charge in [0.25, 0.3) is 0 Å². The second-order valence-corrected chi connectivity index (χ2v) is 6.10. The Morgan fingerprint density at radius 3 is 2.14 bits per heavy atom. The smallest absolute Gasteiger partial charge is 0.242 e. The summed E-state index contributed by atoms with van der Waals surface area (Å²) < 4.78 is 0. The van der Waals surface area contributed by atoms with Crippen molar-refractivity contribution in [3.8, 4) is 0 Å². The average molecular weight is 318 g/mol. The van der Waals surface area contributed by atoms with Gasteiger partial charge in [0, 0.05) is 32.6 Å². The lowest BCUT2D eigenvalue weighted by Crippen LogP contribution is -2.56. The Balaban J connectivity index is 0.00000220. The molecule has 1 saturated carbocycles. The summed E-state index contributed by atoms with van der Waals surface area (Å²) in [6, 6.07) is 0. The number of nitrogens with zero attached hydrogens (tertiary/aromatic N) is 2. The summed E-state index contributed by atoms with van der Waals surface area (Å²) in [6.45, 7) is 4.64. The Hall–Kier alpha value is -0.810. The fourth-order valence-electron chi connectivity index (χ4n) is 3.30. The van der Waals surface area contributed by atoms with Crippen LogP contribution in [0.25, 0.3) is 0 Å². The van der Waals surface area contributed by atoms with Crippen molar-refractivity contribution in [1.29, 1.82) is 0 Å². The van der Waals surface area contributed by atoms with Crippen LogP contribution in [0.15, 0.2) is 0 Å². The quantitative estimate of drug-likeness (QED) is 0.840. The van der Waals surface area contributed by atoms with E-state index >= 15 is 0 Å². The third-order valence-corrected chi connectivity index (χ3v) is 4.61. The van der Waals surface area contributed by atoms with Gasteiger partial charge >= 0.3 is 0 Å². The molecule has 0 aromatic carbocycles. The minimum atomic E-state index is -0.651. The first-order valence-electron chi connectivity index (χ1n) is 7.93. The lowest BCUT2D eigenvalue weighted by atomic mass is 9.81. The molecule has 2 fully saturated rings. The van der Waals surface area contributed by atoms with E-state index in [0.717, 1.165) is 45.2 Å². The number of nitrogens with two attached hydrogens (primary N) is 1. The first-order valence-corrected chi connectivity index (χ1v) is 7.93. The topological polar surface area (TPSA) is 66.6 Å². The van der Waals surface area contributed by atoms with Crippen molar-refractivity contribution in [1.82, 2.24) is 9.80 Å². The second-order valence-electron chi connectivity index (χ2n) is 6.10. The van der Waals surface area contributed by atoms with Gasteiger partial charge < -0.3 is 15.5 Å². The van der Waals surface area contributed by atoms with E-state index in [1.54, 1.807) is 0 Å². The standard InChI is InChI=1S/C15H27N3O2.ClH/c1-2-13(19)17-9-6-10-18(12-11-17)14(20)15(16)7-4-3-5-8-15;/h2-12,16H2,1H3;1H. The van der Waals surface area contributed by atoms with Crippen LogP contribution in [0.1, 0.15) is 51.9 Å². The SMILES string of the molecule is CCC(=O)N1CCCN(C(=O)C2(N)CCCCC2)CC1.Cl. The van der Waals surface area contributed by atoms with Gasteiger partial charge in [-0.15, -0.1) is 12.4 Å². The molecule has 2 amide bonds. The van der Waals surface area contributed by atoms with E-state index in [1.807, 2.05) is 16.7 Å². The molecule has 122 valence electrons. The largest absolute Gasteiger partial charge is 0.341 e. The Kier molecular flexibility index (Phi) is 6.94. The summed E-state index contributed by atoms with van der Waals surface area (Å²) in [5, 5.41) is 0. The van der Waals surface area contributed by atoms with Gasteiger partial charge in [-0.05, 0) is 19.3 Å². The van der Waals surface area contributed by atoms with Crippen LogP contribution in [-0.2, 0) is 9.59 Å². The molecule has 2 N–H and O–H groups in total. The Morgan fingerprint density at radius 1 is 0.952 bits per heavy atom. The number of carbonyl (C=O) groups excluding carboxylic acids is 2. The third-order valence-electron chi connectivity index (χ3n) is 4.61. The van der Waals surface area contributed by atoms with E-state index in [-0.39, 0.29) is 24.2 Å². The molecule has 1 aliphatic heterocycles. The number of hydrogen-bond donors (Lipinski definition) is 1. The van der Waals surface area contributed by atoms with Crippen LogP contribution in [0.4, 0.5) is 0 Å². The van der Waals surface area contributed by atoms with Crippen LogP contribution >= 0.6 is 12.4 Å². The average Bonchev–Trinajstić information content (AvgIpc) is 2.72. The van der Waals surface area contributed by atoms with Crippen LogP contribution in [-0.4, -0.2) is 53.3 Å². The lowest BCUT2D eigenvalue weighted by Gasteiger charge is -2.36. The first kappa shape index (κ1) is 18.2. The zero-order chi connectivity index (χ0) is 14.6. The Labute approximate surface area is 133 Å². The van der Waals surface area contributed by atoms with E-state index in [4.69, 9.17) is 5.73 Å². The van der Waals surface area contributed by atoms with Gasteiger partial charge in [-0.3, -0.25) is 9.59 Å². The van der Waals surface area contributed by atoms with Crippen LogP contribution in [0, 0.1) is 0 Å². The van der Waals surface area contributed by atoms with E-state index in [1.165, 1.54) is 6.42 Å². The summed E-state index contributed by atoms with van der Waals surface area (Å²) in [4.78, 5) is 28.2. The van der Waals surface area contributed by atoms with Gasteiger partial charge in [0.2, 0.25) is 11.8 Å². The summed E-state index contributed by atoms with van der Waals surface area (Å²) in [7, 11) is 0. The van der Waals surface area contributed by atoms with E-state index in [0.29, 0.717) is 19.5 Å². The van der Waals surface area contributed by atoms with Crippen molar-refractivity contribution < 1.29 is 9.59 Å². The molecule has 6 heteroatoms. The molecular formula is C15H28ClN3O2. The van der Waals surface area contributed by atoms with E-state index in [9.17, 15) is 9.59 Å². The lowest BCUT2D eigenvalue weighted by molar-refractivity contribution is -0.138. The van der Waals surface area contributed by atoms with Gasteiger partial charge in [0.1, 0.15) is 0 Å². The molecule has 0 radical (unpaired) electrons. The number of rotatable bonds is 2. The van der Waals surface area contributed by atoms with Crippen molar-refractivity contribution >= 4 is 24.2 Å². The Morgan fingerprint density at radius 2 is 1.52 bits per heavy atom. The summed E-state index contributed by atoms with van der Waals surface area (Å²) in [5.74, 6) is 0.280. The molecule has 0 atom stereocenters. The van der Waals surface area contributed by atoms with Crippen LogP contribution < -0.4 is 5.73 Å². The van der Waals surface area contributed by atoms with Gasteiger partial charge in [-0.1, -0.05) is 26.2 Å². The highest BCUT2D eigenvalue weighted by Crippen LogP contribution is 2.28. The summed E-state index contributed by atoms with van der Waals surface area (Å²) >= 11 is 0. The van der Waals surface area contributed by atoms with Gasteiger partial charge in [-0.25, -0.2) is 0 Å². The van der Waals surface area contributed by atoms with E-state index in [2.05, 4.69) is 0 Å². The van der Waals surface area contributed by atoms with Gasteiger partial charge in [0.05, 0.1) is 5.54 Å². The molecule has 0 aromatic heterocycles. The number of carbonyl (C=O) groups is 2. The maximum absolute atomic E-state index is 12.7. The summed E-state index contributed by atoms with van der Waals surface area (Å²) in [5.41, 5.74) is 5.68. The summed E-state index contributed by atoms with van der Waals surface area (Å²) in [6.07, 6.45) is 6.29. The Bertz CT molecular complexity index is 370. The van der Waals surface area contributed by atoms with Crippen LogP contribution in [0.2, 0.25) is 0 Å². The van der Waals surface area contributed by atoms with Gasteiger partial charge in [-0.2, -0.15) is 0 Å². The van der Waals surface area contributed by atoms with Crippen LogP contribution in [0.3, 0.4) is 0 Å². The molecule has 2 aliphatic rings. The van der Waals surface area contributed by atoms with E-state index < -0.39 is 5.54 Å². The second kappa shape index (κ2) is 7.99. The predicted molar refractivity (Wildman–Crippen MR) is 85.3 cm³/mol. The minimum absolute atomic E-state index is 0. The van der Waals surface area contributed by atoms with Crippen molar-refractivity contribution in [2.24, 2.45) is 5.73 Å². The number of halogens is 1. The highest BCUT2D eigenvalue weighted by Gasteiger charge is 2.38. The first-order chi connectivity index (χ1) is 9.57. The predicted octanol–water partition coefficient (Wildman–Crippen LogP) is 1.54. The van der Waals surface area contributed by atoms with Crippen molar-refractivity contribution in [3.63, 3.8) is 0 Å². The highest BCUT2D eigenvalue weighted by atomic mass is 35.5. The molecule has 1 aliphatic carbocycles. The zero-order valence-corrected chi connectivity index (χ0v) is 13.8. The third kappa shape index (κ3) is 4.33. The number of hydrogen-bond acceptors (Lipinski definition) is 3. The normalized spacial score (nSPS) is 22.2. The van der Waals surface area contributed by atoms with Crippen molar-refractivity contribution in [2.75, 3.05) is 26.2 Å². The molecule has 1 heterocycles. The highest BCUT2D eigenvalue weighted by molar-refractivity contribution is 5.86. The molecule has 5 nitrogen and oxygen atoms in total. The fraction of sp³-hybridized carbons (Fsp3) is 0.867. The van der Waals surface area contributed by atoms with Gasteiger partial charge in [0.15, 0.2) is 0 Å². The molecule has 2 rings (SSSR count). The zero-order valence-electron chi connectivity index (χ0n) is 13.0. The maximum Gasteiger partial charge on any atom is 0.242 e. The van der Waals surface area contributed by atoms with Crippen LogP contribution in [0.5, 0.6) is 0 Å². The molecule has 0 bridgehead atoms. The molecule has 0 unspecified atom stereocenters. The maximum atomic E-state index is 12.7. The molecule has 0 spiro atoms.